The fourth-order valence-electron chi connectivity index (χ4n) is 2.65. The molecule has 0 bridgehead atoms. The van der Waals surface area contributed by atoms with Gasteiger partial charge >= 0.3 is 0 Å². The van der Waals surface area contributed by atoms with Crippen LogP contribution in [-0.2, 0) is 0 Å². The van der Waals surface area contributed by atoms with E-state index in [0.29, 0.717) is 5.69 Å². The van der Waals surface area contributed by atoms with E-state index in [4.69, 9.17) is 5.73 Å². The number of nitrogens with two attached hydrogens (primary N) is 1. The van der Waals surface area contributed by atoms with Crippen molar-refractivity contribution in [2.24, 2.45) is 5.73 Å². The van der Waals surface area contributed by atoms with Crippen LogP contribution in [0.3, 0.4) is 0 Å². The van der Waals surface area contributed by atoms with Crippen molar-refractivity contribution in [2.45, 2.75) is 12.8 Å². The molecule has 0 atom stereocenters. The molecular formula is C15H15N5O4S. The number of benzene rings is 1. The Hall–Kier alpha value is -3.01. The van der Waals surface area contributed by atoms with Crippen molar-refractivity contribution >= 4 is 39.7 Å². The molecule has 3 N–H and O–H groups in total. The number of thiazole rings is 1. The van der Waals surface area contributed by atoms with E-state index in [9.17, 15) is 19.7 Å². The second kappa shape index (κ2) is 6.85. The Labute approximate surface area is 146 Å². The maximum absolute atomic E-state index is 12.3. The topological polar surface area (TPSA) is 131 Å². The van der Waals surface area contributed by atoms with E-state index in [1.807, 2.05) is 4.90 Å². The molecule has 2 aromatic rings. The zero-order valence-corrected chi connectivity index (χ0v) is 13.9. The van der Waals surface area contributed by atoms with Crippen LogP contribution < -0.4 is 16.0 Å². The number of carbonyl (C=O) groups excluding carboxylic acids is 2. The minimum Gasteiger partial charge on any atom is -0.366 e. The highest BCUT2D eigenvalue weighted by atomic mass is 32.1. The van der Waals surface area contributed by atoms with Crippen molar-refractivity contribution < 1.29 is 14.5 Å². The largest absolute Gasteiger partial charge is 0.366 e. The normalized spacial score (nSPS) is 13.7. The smallest absolute Gasteiger partial charge is 0.293 e. The molecule has 1 saturated heterocycles. The molecule has 2 amide bonds. The van der Waals surface area contributed by atoms with Crippen LogP contribution in [0.25, 0.3) is 0 Å². The third kappa shape index (κ3) is 3.58. The summed E-state index contributed by atoms with van der Waals surface area (Å²) in [5, 5.41) is 14.1. The number of nitrogens with one attached hydrogen (secondary N) is 1. The molecule has 2 heterocycles. The van der Waals surface area contributed by atoms with E-state index >= 15 is 0 Å². The third-order valence-corrected chi connectivity index (χ3v) is 4.78. The third-order valence-electron chi connectivity index (χ3n) is 3.85. The highest BCUT2D eigenvalue weighted by Gasteiger charge is 2.24. The minimum absolute atomic E-state index is 0.105. The molecule has 0 unspecified atom stereocenters. The zero-order valence-electron chi connectivity index (χ0n) is 13.1. The Morgan fingerprint density at radius 2 is 2.04 bits per heavy atom. The summed E-state index contributed by atoms with van der Waals surface area (Å²) in [6.45, 7) is 1.53. The molecule has 0 aliphatic carbocycles. The number of nitro benzene ring substituents is 1. The van der Waals surface area contributed by atoms with Crippen LogP contribution in [0.1, 0.15) is 32.9 Å². The van der Waals surface area contributed by atoms with E-state index in [-0.39, 0.29) is 21.3 Å². The van der Waals surface area contributed by atoms with Crippen molar-refractivity contribution in [2.75, 3.05) is 23.3 Å². The van der Waals surface area contributed by atoms with Crippen LogP contribution in [0.4, 0.5) is 16.5 Å². The van der Waals surface area contributed by atoms with E-state index in [1.165, 1.54) is 12.3 Å². The van der Waals surface area contributed by atoms with Crippen molar-refractivity contribution in [1.82, 2.24) is 4.98 Å². The van der Waals surface area contributed by atoms with Crippen molar-refractivity contribution in [1.29, 1.82) is 0 Å². The summed E-state index contributed by atoms with van der Waals surface area (Å²) in [6.07, 6.45) is 3.25. The Morgan fingerprint density at radius 3 is 2.64 bits per heavy atom. The van der Waals surface area contributed by atoms with E-state index < -0.39 is 16.7 Å². The Bertz CT molecular complexity index is 844. The molecule has 1 aromatic carbocycles. The first-order valence-corrected chi connectivity index (χ1v) is 8.38. The predicted molar refractivity (Wildman–Crippen MR) is 93.1 cm³/mol. The van der Waals surface area contributed by atoms with Crippen molar-refractivity contribution in [3.8, 4) is 0 Å². The van der Waals surface area contributed by atoms with E-state index in [1.54, 1.807) is 12.1 Å². The molecule has 0 radical (unpaired) electrons. The molecule has 0 saturated carbocycles. The van der Waals surface area contributed by atoms with Gasteiger partial charge in [-0.1, -0.05) is 11.3 Å². The van der Waals surface area contributed by atoms with Gasteiger partial charge in [-0.25, -0.2) is 4.98 Å². The predicted octanol–water partition coefficient (Wildman–Crippen LogP) is 2.00. The number of aromatic nitrogens is 1. The maximum Gasteiger partial charge on any atom is 0.293 e. The molecule has 3 rings (SSSR count). The molecule has 25 heavy (non-hydrogen) atoms. The molecule has 9 nitrogen and oxygen atoms in total. The van der Waals surface area contributed by atoms with E-state index in [2.05, 4.69) is 10.3 Å². The highest BCUT2D eigenvalue weighted by Crippen LogP contribution is 2.32. The number of amides is 2. The Kier molecular flexibility index (Phi) is 4.61. The molecule has 10 heteroatoms. The lowest BCUT2D eigenvalue weighted by atomic mass is 10.1. The van der Waals surface area contributed by atoms with E-state index in [0.717, 1.165) is 37.3 Å². The van der Waals surface area contributed by atoms with Crippen LogP contribution in [-0.4, -0.2) is 34.8 Å². The first kappa shape index (κ1) is 16.8. The van der Waals surface area contributed by atoms with Gasteiger partial charge in [0.25, 0.3) is 17.5 Å². The zero-order chi connectivity index (χ0) is 18.0. The standard InChI is InChI=1S/C15H15N5O4S/c16-13(21)12-8-17-15(25-12)18-14(22)9-3-4-10(11(7-9)20(23)24)19-5-1-2-6-19/h3-4,7-8H,1-2,5-6H2,(H2,16,21)(H,17,18,22). The highest BCUT2D eigenvalue weighted by molar-refractivity contribution is 7.17. The summed E-state index contributed by atoms with van der Waals surface area (Å²) < 4.78 is 0. The lowest BCUT2D eigenvalue weighted by molar-refractivity contribution is -0.384. The summed E-state index contributed by atoms with van der Waals surface area (Å²) in [6, 6.07) is 4.39. The van der Waals surface area contributed by atoms with Crippen LogP contribution in [0.5, 0.6) is 0 Å². The molecule has 1 aliphatic rings. The van der Waals surface area contributed by atoms with Gasteiger partial charge in [0, 0.05) is 24.7 Å². The average Bonchev–Trinajstić information content (AvgIpc) is 3.26. The van der Waals surface area contributed by atoms with Crippen molar-refractivity contribution in [3.05, 3.63) is 45.0 Å². The fraction of sp³-hybridized carbons (Fsp3) is 0.267. The number of hydrogen-bond acceptors (Lipinski definition) is 7. The SMILES string of the molecule is NC(=O)c1cnc(NC(=O)c2ccc(N3CCCC3)c([N+](=O)[O-])c2)s1. The summed E-state index contributed by atoms with van der Waals surface area (Å²) in [5.41, 5.74) is 5.69. The van der Waals surface area contributed by atoms with Crippen LogP contribution in [0.2, 0.25) is 0 Å². The summed E-state index contributed by atoms with van der Waals surface area (Å²) in [5.74, 6) is -1.18. The van der Waals surface area contributed by atoms with Gasteiger partial charge in [0.1, 0.15) is 10.6 Å². The number of anilines is 2. The minimum atomic E-state index is -0.636. The number of primary amides is 1. The van der Waals surface area contributed by atoms with Crippen LogP contribution in [0.15, 0.2) is 24.4 Å². The van der Waals surface area contributed by atoms with Gasteiger partial charge in [-0.15, -0.1) is 0 Å². The summed E-state index contributed by atoms with van der Waals surface area (Å²) >= 11 is 0.938. The van der Waals surface area contributed by atoms with Gasteiger partial charge in [-0.05, 0) is 25.0 Å². The second-order valence-electron chi connectivity index (χ2n) is 5.50. The van der Waals surface area contributed by atoms with Gasteiger partial charge in [0.05, 0.1) is 11.1 Å². The summed E-state index contributed by atoms with van der Waals surface area (Å²) in [7, 11) is 0. The monoisotopic (exact) mass is 361 g/mol. The van der Waals surface area contributed by atoms with Gasteiger partial charge in [-0.3, -0.25) is 25.0 Å². The fourth-order valence-corrected chi connectivity index (χ4v) is 3.31. The van der Waals surface area contributed by atoms with Gasteiger partial charge < -0.3 is 10.6 Å². The quantitative estimate of drug-likeness (QED) is 0.618. The lowest BCUT2D eigenvalue weighted by Crippen LogP contribution is -2.19. The molecule has 130 valence electrons. The molecule has 1 aromatic heterocycles. The lowest BCUT2D eigenvalue weighted by Gasteiger charge is -2.17. The number of nitrogens with zero attached hydrogens (tertiary/aromatic N) is 3. The van der Waals surface area contributed by atoms with Crippen LogP contribution >= 0.6 is 11.3 Å². The molecule has 0 spiro atoms. The molecule has 1 aliphatic heterocycles. The number of rotatable bonds is 5. The second-order valence-corrected chi connectivity index (χ2v) is 6.53. The molecular weight excluding hydrogens is 346 g/mol. The van der Waals surface area contributed by atoms with Gasteiger partial charge in [-0.2, -0.15) is 0 Å². The van der Waals surface area contributed by atoms with Crippen LogP contribution in [0, 0.1) is 10.1 Å². The molecule has 1 fully saturated rings. The first-order valence-electron chi connectivity index (χ1n) is 7.56. The number of carbonyl (C=O) groups is 2. The maximum atomic E-state index is 12.3. The number of hydrogen-bond donors (Lipinski definition) is 2. The number of nitro groups is 1. The Morgan fingerprint density at radius 1 is 1.32 bits per heavy atom. The van der Waals surface area contributed by atoms with Gasteiger partial charge in [0.15, 0.2) is 5.13 Å². The summed E-state index contributed by atoms with van der Waals surface area (Å²) in [4.78, 5) is 40.3. The Balaban J connectivity index is 1.83. The first-order chi connectivity index (χ1) is 12.0. The van der Waals surface area contributed by atoms with Crippen molar-refractivity contribution in [3.63, 3.8) is 0 Å². The average molecular weight is 361 g/mol. The van der Waals surface area contributed by atoms with Gasteiger partial charge in [0.2, 0.25) is 0 Å².